The molecule has 0 aliphatic heterocycles. The van der Waals surface area contributed by atoms with Crippen molar-refractivity contribution < 1.29 is 0 Å². The van der Waals surface area contributed by atoms with Gasteiger partial charge in [0.25, 0.3) is 0 Å². The van der Waals surface area contributed by atoms with Crippen molar-refractivity contribution >= 4 is 5.57 Å². The molecule has 19 heavy (non-hydrogen) atoms. The summed E-state index contributed by atoms with van der Waals surface area (Å²) >= 11 is 0. The van der Waals surface area contributed by atoms with Crippen LogP contribution in [0.15, 0.2) is 67.2 Å². The topological polar surface area (TPSA) is 12.0 Å². The van der Waals surface area contributed by atoms with E-state index in [-0.39, 0.29) is 0 Å². The second-order valence-corrected chi connectivity index (χ2v) is 5.21. The normalized spacial score (nSPS) is 21.1. The van der Waals surface area contributed by atoms with Crippen molar-refractivity contribution in [3.8, 4) is 0 Å². The zero-order chi connectivity index (χ0) is 13.1. The lowest BCUT2D eigenvalue weighted by Crippen LogP contribution is -2.20. The minimum Gasteiger partial charge on any atom is -0.309 e. The monoisotopic (exact) mass is 249 g/mol. The minimum atomic E-state index is 0.614. The van der Waals surface area contributed by atoms with Gasteiger partial charge in [0.2, 0.25) is 0 Å². The zero-order valence-electron chi connectivity index (χ0n) is 11.0. The van der Waals surface area contributed by atoms with Crippen LogP contribution in [0.25, 0.3) is 5.57 Å². The van der Waals surface area contributed by atoms with Crippen LogP contribution in [0.2, 0.25) is 0 Å². The second-order valence-electron chi connectivity index (χ2n) is 5.21. The first-order valence-corrected chi connectivity index (χ1v) is 6.86. The molecule has 1 fully saturated rings. The van der Waals surface area contributed by atoms with Gasteiger partial charge in [-0.25, -0.2) is 0 Å². The van der Waals surface area contributed by atoms with E-state index >= 15 is 0 Å². The van der Waals surface area contributed by atoms with Gasteiger partial charge in [-0.15, -0.1) is 0 Å². The molecule has 0 bridgehead atoms. The third kappa shape index (κ3) is 2.94. The largest absolute Gasteiger partial charge is 0.309 e. The van der Waals surface area contributed by atoms with Crippen molar-refractivity contribution in [2.24, 2.45) is 0 Å². The van der Waals surface area contributed by atoms with E-state index in [9.17, 15) is 0 Å². The Balaban J connectivity index is 1.51. The highest BCUT2D eigenvalue weighted by Gasteiger charge is 2.37. The number of benzene rings is 2. The average molecular weight is 249 g/mol. The van der Waals surface area contributed by atoms with E-state index in [1.807, 2.05) is 6.07 Å². The Bertz CT molecular complexity index is 544. The molecular formula is C18H19N. The number of rotatable bonds is 5. The van der Waals surface area contributed by atoms with Gasteiger partial charge < -0.3 is 5.32 Å². The van der Waals surface area contributed by atoms with Crippen molar-refractivity contribution in [2.45, 2.75) is 18.4 Å². The molecule has 0 radical (unpaired) electrons. The Morgan fingerprint density at radius 1 is 1.00 bits per heavy atom. The van der Waals surface area contributed by atoms with Crippen molar-refractivity contribution in [1.29, 1.82) is 0 Å². The van der Waals surface area contributed by atoms with Gasteiger partial charge in [0, 0.05) is 18.5 Å². The lowest BCUT2D eigenvalue weighted by molar-refractivity contribution is 0.740. The summed E-state index contributed by atoms with van der Waals surface area (Å²) in [7, 11) is 0. The Morgan fingerprint density at radius 2 is 1.63 bits per heavy atom. The fraction of sp³-hybridized carbons (Fsp3) is 0.222. The molecule has 1 aliphatic rings. The molecule has 1 saturated carbocycles. The van der Waals surface area contributed by atoms with Crippen LogP contribution in [0.5, 0.6) is 0 Å². The van der Waals surface area contributed by atoms with E-state index in [0.29, 0.717) is 12.0 Å². The lowest BCUT2D eigenvalue weighted by Gasteiger charge is -2.08. The Hall–Kier alpha value is -1.86. The molecule has 2 unspecified atom stereocenters. The highest BCUT2D eigenvalue weighted by molar-refractivity contribution is 5.64. The van der Waals surface area contributed by atoms with Crippen LogP contribution in [-0.2, 0) is 0 Å². The van der Waals surface area contributed by atoms with Crippen LogP contribution in [0, 0.1) is 0 Å². The molecule has 0 amide bonds. The zero-order valence-corrected chi connectivity index (χ0v) is 11.0. The van der Waals surface area contributed by atoms with Gasteiger partial charge in [-0.05, 0) is 23.1 Å². The fourth-order valence-electron chi connectivity index (χ4n) is 2.52. The van der Waals surface area contributed by atoms with Crippen molar-refractivity contribution in [3.05, 3.63) is 78.4 Å². The maximum absolute atomic E-state index is 4.16. The summed E-state index contributed by atoms with van der Waals surface area (Å²) in [6.07, 6.45) is 1.24. The van der Waals surface area contributed by atoms with Crippen molar-refractivity contribution in [2.75, 3.05) is 6.54 Å². The fourth-order valence-corrected chi connectivity index (χ4v) is 2.52. The summed E-state index contributed by atoms with van der Waals surface area (Å²) < 4.78 is 0. The van der Waals surface area contributed by atoms with Gasteiger partial charge >= 0.3 is 0 Å². The highest BCUT2D eigenvalue weighted by atomic mass is 15.0. The van der Waals surface area contributed by atoms with Crippen molar-refractivity contribution in [3.63, 3.8) is 0 Å². The molecule has 96 valence electrons. The molecule has 1 N–H and O–H groups in total. The molecule has 2 aromatic rings. The van der Waals surface area contributed by atoms with Gasteiger partial charge in [-0.3, -0.25) is 0 Å². The smallest absolute Gasteiger partial charge is 0.0208 e. The van der Waals surface area contributed by atoms with E-state index in [1.54, 1.807) is 0 Å². The maximum Gasteiger partial charge on any atom is 0.0208 e. The molecule has 0 saturated heterocycles. The average Bonchev–Trinajstić information content (AvgIpc) is 3.26. The Kier molecular flexibility index (Phi) is 3.47. The first-order valence-electron chi connectivity index (χ1n) is 6.86. The SMILES string of the molecule is C=C(CNC1CC1c1ccccc1)c1ccccc1. The van der Waals surface area contributed by atoms with E-state index < -0.39 is 0 Å². The molecule has 0 spiro atoms. The molecule has 1 heteroatoms. The Labute approximate surface area is 115 Å². The highest BCUT2D eigenvalue weighted by Crippen LogP contribution is 2.40. The summed E-state index contributed by atoms with van der Waals surface area (Å²) in [4.78, 5) is 0. The molecule has 0 heterocycles. The quantitative estimate of drug-likeness (QED) is 0.848. The lowest BCUT2D eigenvalue weighted by atomic mass is 10.1. The van der Waals surface area contributed by atoms with Crippen LogP contribution in [0.4, 0.5) is 0 Å². The maximum atomic E-state index is 4.16. The third-order valence-corrected chi connectivity index (χ3v) is 3.78. The van der Waals surface area contributed by atoms with Gasteiger partial charge in [0.15, 0.2) is 0 Å². The summed E-state index contributed by atoms with van der Waals surface area (Å²) in [5, 5.41) is 3.60. The molecule has 1 aliphatic carbocycles. The molecule has 0 aromatic heterocycles. The van der Waals surface area contributed by atoms with Crippen LogP contribution in [-0.4, -0.2) is 12.6 Å². The minimum absolute atomic E-state index is 0.614. The molecule has 1 nitrogen and oxygen atoms in total. The van der Waals surface area contributed by atoms with Crippen LogP contribution < -0.4 is 5.32 Å². The summed E-state index contributed by atoms with van der Waals surface area (Å²) in [6, 6.07) is 21.8. The van der Waals surface area contributed by atoms with Gasteiger partial charge in [-0.2, -0.15) is 0 Å². The van der Waals surface area contributed by atoms with E-state index in [4.69, 9.17) is 0 Å². The molecule has 2 aromatic carbocycles. The summed E-state index contributed by atoms with van der Waals surface area (Å²) in [5.41, 5.74) is 3.84. The predicted molar refractivity (Wildman–Crippen MR) is 81.1 cm³/mol. The molecule has 2 atom stereocenters. The predicted octanol–water partition coefficient (Wildman–Crippen LogP) is 3.85. The Morgan fingerprint density at radius 3 is 2.32 bits per heavy atom. The first-order chi connectivity index (χ1) is 9.34. The van der Waals surface area contributed by atoms with E-state index in [2.05, 4.69) is 66.5 Å². The van der Waals surface area contributed by atoms with Crippen LogP contribution >= 0.6 is 0 Å². The summed E-state index contributed by atoms with van der Waals surface area (Å²) in [5.74, 6) is 0.685. The number of hydrogen-bond acceptors (Lipinski definition) is 1. The van der Waals surface area contributed by atoms with Gasteiger partial charge in [0.1, 0.15) is 0 Å². The van der Waals surface area contributed by atoms with E-state index in [1.165, 1.54) is 23.1 Å². The van der Waals surface area contributed by atoms with Gasteiger partial charge in [-0.1, -0.05) is 67.2 Å². The standard InChI is InChI=1S/C18H19N/c1-14(15-8-4-2-5-9-15)13-19-18-12-17(18)16-10-6-3-7-11-16/h2-11,17-19H,1,12-13H2. The molecular weight excluding hydrogens is 230 g/mol. The van der Waals surface area contributed by atoms with E-state index in [0.717, 1.165) is 6.54 Å². The van der Waals surface area contributed by atoms with Gasteiger partial charge in [0.05, 0.1) is 0 Å². The van der Waals surface area contributed by atoms with Crippen LogP contribution in [0.3, 0.4) is 0 Å². The first kappa shape index (κ1) is 12.2. The van der Waals surface area contributed by atoms with Crippen molar-refractivity contribution in [1.82, 2.24) is 5.32 Å². The number of nitrogens with one attached hydrogen (secondary N) is 1. The van der Waals surface area contributed by atoms with Crippen LogP contribution in [0.1, 0.15) is 23.5 Å². The second kappa shape index (κ2) is 5.41. The summed E-state index contributed by atoms with van der Waals surface area (Å²) in [6.45, 7) is 5.03. The molecule has 3 rings (SSSR count). The number of hydrogen-bond donors (Lipinski definition) is 1. The third-order valence-electron chi connectivity index (χ3n) is 3.78.